The predicted molar refractivity (Wildman–Crippen MR) is 82.9 cm³/mol. The maximum absolute atomic E-state index is 12.8. The summed E-state index contributed by atoms with van der Waals surface area (Å²) in [5.41, 5.74) is 6.50. The van der Waals surface area contributed by atoms with E-state index < -0.39 is 0 Å². The first-order valence-corrected chi connectivity index (χ1v) is 7.83. The van der Waals surface area contributed by atoms with E-state index in [-0.39, 0.29) is 36.4 Å². The van der Waals surface area contributed by atoms with Gasteiger partial charge in [0.05, 0.1) is 0 Å². The van der Waals surface area contributed by atoms with Crippen LogP contribution in [0.1, 0.15) is 43.0 Å². The SMILES string of the molecule is CCC[C@@H]1CN(C(=O)CCC(=O)c2ccc(F)cc2)C[C@H]1N. The summed E-state index contributed by atoms with van der Waals surface area (Å²) in [4.78, 5) is 25.9. The molecular formula is C17H23FN2O2. The maximum Gasteiger partial charge on any atom is 0.223 e. The molecule has 2 rings (SSSR count). The van der Waals surface area contributed by atoms with Gasteiger partial charge in [-0.15, -0.1) is 0 Å². The lowest BCUT2D eigenvalue weighted by atomic mass is 9.99. The number of Topliss-reactive ketones (excluding diaryl/α,β-unsaturated/α-hetero) is 1. The Morgan fingerprint density at radius 1 is 1.23 bits per heavy atom. The molecule has 0 bridgehead atoms. The van der Waals surface area contributed by atoms with Crippen LogP contribution >= 0.6 is 0 Å². The molecule has 0 spiro atoms. The van der Waals surface area contributed by atoms with Gasteiger partial charge in [-0.2, -0.15) is 0 Å². The fourth-order valence-corrected chi connectivity index (χ4v) is 2.94. The first-order chi connectivity index (χ1) is 10.5. The highest BCUT2D eigenvalue weighted by Gasteiger charge is 2.31. The molecule has 0 saturated carbocycles. The molecule has 1 aromatic rings. The summed E-state index contributed by atoms with van der Waals surface area (Å²) in [5, 5.41) is 0. The summed E-state index contributed by atoms with van der Waals surface area (Å²) in [5.74, 6) is -0.172. The molecule has 22 heavy (non-hydrogen) atoms. The second-order valence-electron chi connectivity index (χ2n) is 5.94. The van der Waals surface area contributed by atoms with E-state index >= 15 is 0 Å². The van der Waals surface area contributed by atoms with Crippen LogP contribution in [-0.2, 0) is 4.79 Å². The van der Waals surface area contributed by atoms with E-state index in [1.807, 2.05) is 0 Å². The Hall–Kier alpha value is -1.75. The van der Waals surface area contributed by atoms with Crippen LogP contribution < -0.4 is 5.73 Å². The number of rotatable bonds is 6. The molecule has 1 fully saturated rings. The summed E-state index contributed by atoms with van der Waals surface area (Å²) >= 11 is 0. The first-order valence-electron chi connectivity index (χ1n) is 7.83. The smallest absolute Gasteiger partial charge is 0.223 e. The molecular weight excluding hydrogens is 283 g/mol. The zero-order valence-corrected chi connectivity index (χ0v) is 12.9. The van der Waals surface area contributed by atoms with Crippen molar-refractivity contribution in [2.24, 2.45) is 11.7 Å². The number of ketones is 1. The molecule has 5 heteroatoms. The van der Waals surface area contributed by atoms with E-state index in [9.17, 15) is 14.0 Å². The Balaban J connectivity index is 1.83. The summed E-state index contributed by atoms with van der Waals surface area (Å²) in [6.07, 6.45) is 2.42. The molecule has 1 amide bonds. The third-order valence-corrected chi connectivity index (χ3v) is 4.24. The molecule has 1 heterocycles. The molecule has 1 saturated heterocycles. The van der Waals surface area contributed by atoms with Crippen LogP contribution in [0.5, 0.6) is 0 Å². The third-order valence-electron chi connectivity index (χ3n) is 4.24. The minimum atomic E-state index is -0.374. The summed E-state index contributed by atoms with van der Waals surface area (Å²) in [6.45, 7) is 3.38. The summed E-state index contributed by atoms with van der Waals surface area (Å²) in [6, 6.07) is 5.45. The van der Waals surface area contributed by atoms with Gasteiger partial charge in [0.2, 0.25) is 5.91 Å². The van der Waals surface area contributed by atoms with Gasteiger partial charge in [0.25, 0.3) is 0 Å². The van der Waals surface area contributed by atoms with Crippen molar-refractivity contribution >= 4 is 11.7 Å². The molecule has 0 aromatic heterocycles. The van der Waals surface area contributed by atoms with Crippen molar-refractivity contribution in [1.82, 2.24) is 4.90 Å². The number of benzene rings is 1. The van der Waals surface area contributed by atoms with Gasteiger partial charge in [-0.3, -0.25) is 9.59 Å². The largest absolute Gasteiger partial charge is 0.341 e. The van der Waals surface area contributed by atoms with Crippen LogP contribution in [0.25, 0.3) is 0 Å². The fourth-order valence-electron chi connectivity index (χ4n) is 2.94. The highest BCUT2D eigenvalue weighted by molar-refractivity contribution is 5.97. The van der Waals surface area contributed by atoms with Crippen LogP contribution in [0.4, 0.5) is 4.39 Å². The Bertz CT molecular complexity index is 530. The minimum absolute atomic E-state index is 0.0236. The molecule has 1 aromatic carbocycles. The first kappa shape index (κ1) is 16.6. The lowest BCUT2D eigenvalue weighted by Gasteiger charge is -2.16. The lowest BCUT2D eigenvalue weighted by molar-refractivity contribution is -0.130. The molecule has 120 valence electrons. The number of hydrogen-bond donors (Lipinski definition) is 1. The molecule has 2 atom stereocenters. The average Bonchev–Trinajstić information content (AvgIpc) is 2.87. The van der Waals surface area contributed by atoms with Crippen molar-refractivity contribution in [1.29, 1.82) is 0 Å². The average molecular weight is 306 g/mol. The molecule has 2 N–H and O–H groups in total. The van der Waals surface area contributed by atoms with Crippen LogP contribution in [0.3, 0.4) is 0 Å². The normalized spacial score (nSPS) is 21.1. The quantitative estimate of drug-likeness (QED) is 0.821. The Kier molecular flexibility index (Phi) is 5.66. The van der Waals surface area contributed by atoms with E-state index in [1.54, 1.807) is 4.90 Å². The van der Waals surface area contributed by atoms with E-state index in [0.29, 0.717) is 24.6 Å². The topological polar surface area (TPSA) is 63.4 Å². The molecule has 0 unspecified atom stereocenters. The van der Waals surface area contributed by atoms with Gasteiger partial charge in [-0.05, 0) is 36.6 Å². The van der Waals surface area contributed by atoms with E-state index in [2.05, 4.69) is 6.92 Å². The zero-order valence-electron chi connectivity index (χ0n) is 12.9. The number of nitrogens with two attached hydrogens (primary N) is 1. The number of nitrogens with zero attached hydrogens (tertiary/aromatic N) is 1. The predicted octanol–water partition coefficient (Wildman–Crippen LogP) is 2.37. The molecule has 1 aliphatic rings. The number of amides is 1. The van der Waals surface area contributed by atoms with Gasteiger partial charge in [-0.25, -0.2) is 4.39 Å². The Morgan fingerprint density at radius 2 is 1.91 bits per heavy atom. The van der Waals surface area contributed by atoms with Crippen molar-refractivity contribution < 1.29 is 14.0 Å². The van der Waals surface area contributed by atoms with Gasteiger partial charge < -0.3 is 10.6 Å². The van der Waals surface area contributed by atoms with E-state index in [1.165, 1.54) is 24.3 Å². The van der Waals surface area contributed by atoms with Crippen molar-refractivity contribution in [2.75, 3.05) is 13.1 Å². The standard InChI is InChI=1S/C17H23FN2O2/c1-2-3-13-10-20(11-15(13)19)17(22)9-8-16(21)12-4-6-14(18)7-5-12/h4-7,13,15H,2-3,8-11,19H2,1H3/t13-,15-/m1/s1. The van der Waals surface area contributed by atoms with Crippen molar-refractivity contribution in [2.45, 2.75) is 38.6 Å². The number of hydrogen-bond acceptors (Lipinski definition) is 3. The van der Waals surface area contributed by atoms with Gasteiger partial charge in [0.1, 0.15) is 5.82 Å². The second-order valence-corrected chi connectivity index (χ2v) is 5.94. The molecule has 0 aliphatic carbocycles. The number of carbonyl (C=O) groups excluding carboxylic acids is 2. The summed E-state index contributed by atoms with van der Waals surface area (Å²) in [7, 11) is 0. The number of halogens is 1. The van der Waals surface area contributed by atoms with Gasteiger partial charge in [0, 0.05) is 37.5 Å². The van der Waals surface area contributed by atoms with Gasteiger partial charge in [-0.1, -0.05) is 13.3 Å². The molecule has 4 nitrogen and oxygen atoms in total. The molecule has 1 aliphatic heterocycles. The van der Waals surface area contributed by atoms with E-state index in [4.69, 9.17) is 5.73 Å². The Morgan fingerprint density at radius 3 is 2.55 bits per heavy atom. The van der Waals surface area contributed by atoms with Crippen LogP contribution in [0.15, 0.2) is 24.3 Å². The number of carbonyl (C=O) groups is 2. The minimum Gasteiger partial charge on any atom is -0.341 e. The van der Waals surface area contributed by atoms with E-state index in [0.717, 1.165) is 12.8 Å². The van der Waals surface area contributed by atoms with Crippen molar-refractivity contribution in [3.8, 4) is 0 Å². The van der Waals surface area contributed by atoms with Gasteiger partial charge >= 0.3 is 0 Å². The highest BCUT2D eigenvalue weighted by Crippen LogP contribution is 2.21. The fraction of sp³-hybridized carbons (Fsp3) is 0.529. The maximum atomic E-state index is 12.8. The second kappa shape index (κ2) is 7.49. The lowest BCUT2D eigenvalue weighted by Crippen LogP contribution is -2.32. The van der Waals surface area contributed by atoms with Gasteiger partial charge in [0.15, 0.2) is 5.78 Å². The van der Waals surface area contributed by atoms with Crippen molar-refractivity contribution in [3.63, 3.8) is 0 Å². The molecule has 0 radical (unpaired) electrons. The number of likely N-dealkylation sites (tertiary alicyclic amines) is 1. The van der Waals surface area contributed by atoms with Crippen LogP contribution in [0, 0.1) is 11.7 Å². The van der Waals surface area contributed by atoms with Crippen LogP contribution in [0.2, 0.25) is 0 Å². The van der Waals surface area contributed by atoms with Crippen molar-refractivity contribution in [3.05, 3.63) is 35.6 Å². The third kappa shape index (κ3) is 4.13. The summed E-state index contributed by atoms with van der Waals surface area (Å²) < 4.78 is 12.8. The highest BCUT2D eigenvalue weighted by atomic mass is 19.1. The monoisotopic (exact) mass is 306 g/mol. The Labute approximate surface area is 130 Å². The zero-order chi connectivity index (χ0) is 16.1. The van der Waals surface area contributed by atoms with Crippen LogP contribution in [-0.4, -0.2) is 35.7 Å².